The van der Waals surface area contributed by atoms with Gasteiger partial charge in [-0.3, -0.25) is 14.5 Å². The summed E-state index contributed by atoms with van der Waals surface area (Å²) < 4.78 is 10.7. The minimum absolute atomic E-state index is 0.0281. The second-order valence-corrected chi connectivity index (χ2v) is 6.03. The van der Waals surface area contributed by atoms with E-state index in [2.05, 4.69) is 0 Å². The van der Waals surface area contributed by atoms with Gasteiger partial charge in [-0.2, -0.15) is 0 Å². The smallest absolute Gasteiger partial charge is 0.329 e. The van der Waals surface area contributed by atoms with Crippen molar-refractivity contribution in [3.63, 3.8) is 0 Å². The number of fused-ring (bicyclic) bond motifs is 1. The van der Waals surface area contributed by atoms with Crippen LogP contribution >= 0.6 is 0 Å². The van der Waals surface area contributed by atoms with Gasteiger partial charge in [0.05, 0.1) is 11.1 Å². The quantitative estimate of drug-likeness (QED) is 0.453. The van der Waals surface area contributed by atoms with Gasteiger partial charge in [-0.25, -0.2) is 4.79 Å². The van der Waals surface area contributed by atoms with Crippen LogP contribution in [0, 0.1) is 6.92 Å². The summed E-state index contributed by atoms with van der Waals surface area (Å²) in [6, 6.07) is 13.0. The maximum atomic E-state index is 12.4. The van der Waals surface area contributed by atoms with E-state index in [1.807, 2.05) is 31.2 Å². The molecule has 0 N–H and O–H groups in total. The summed E-state index contributed by atoms with van der Waals surface area (Å²) >= 11 is 0. The van der Waals surface area contributed by atoms with Crippen molar-refractivity contribution in [3.05, 3.63) is 65.2 Å². The second-order valence-electron chi connectivity index (χ2n) is 6.03. The van der Waals surface area contributed by atoms with E-state index in [1.165, 1.54) is 6.92 Å². The standard InChI is InChI=1S/C20H19NO5/c1-13-6-5-7-15(12-13)25-10-11-26-20(24)14(2)21-18(22)16-8-3-4-9-17(16)19(21)23/h3-9,12,14H,10-11H2,1-2H3/t14-/m0/s1. The molecule has 1 heterocycles. The van der Waals surface area contributed by atoms with Crippen LogP contribution in [0.5, 0.6) is 5.75 Å². The van der Waals surface area contributed by atoms with E-state index in [1.54, 1.807) is 24.3 Å². The Kier molecular flexibility index (Phi) is 5.02. The SMILES string of the molecule is Cc1cccc(OCCOC(=O)[C@H](C)N2C(=O)c3ccccc3C2=O)c1. The lowest BCUT2D eigenvalue weighted by molar-refractivity contribution is -0.148. The maximum absolute atomic E-state index is 12.4. The summed E-state index contributed by atoms with van der Waals surface area (Å²) in [5.41, 5.74) is 1.68. The second kappa shape index (κ2) is 7.39. The molecule has 0 saturated carbocycles. The van der Waals surface area contributed by atoms with Gasteiger partial charge in [0.25, 0.3) is 11.8 Å². The van der Waals surface area contributed by atoms with Crippen LogP contribution in [0.1, 0.15) is 33.2 Å². The monoisotopic (exact) mass is 353 g/mol. The Hall–Kier alpha value is -3.15. The zero-order valence-electron chi connectivity index (χ0n) is 14.6. The predicted octanol–water partition coefficient (Wildman–Crippen LogP) is 2.60. The molecule has 1 atom stereocenters. The molecule has 2 aromatic rings. The van der Waals surface area contributed by atoms with Crippen molar-refractivity contribution in [2.24, 2.45) is 0 Å². The van der Waals surface area contributed by atoms with Gasteiger partial charge >= 0.3 is 5.97 Å². The summed E-state index contributed by atoms with van der Waals surface area (Å²) in [4.78, 5) is 37.9. The molecule has 6 heteroatoms. The van der Waals surface area contributed by atoms with Crippen molar-refractivity contribution >= 4 is 17.8 Å². The molecule has 3 rings (SSSR count). The molecule has 0 fully saturated rings. The molecule has 0 aliphatic carbocycles. The van der Waals surface area contributed by atoms with Gasteiger partial charge in [0.15, 0.2) is 0 Å². The zero-order chi connectivity index (χ0) is 18.7. The van der Waals surface area contributed by atoms with Crippen LogP contribution in [0.4, 0.5) is 0 Å². The normalized spacial score (nSPS) is 14.2. The van der Waals surface area contributed by atoms with Gasteiger partial charge in [0.1, 0.15) is 25.0 Å². The van der Waals surface area contributed by atoms with Crippen molar-refractivity contribution in [3.8, 4) is 5.75 Å². The van der Waals surface area contributed by atoms with Crippen LogP contribution in [0.25, 0.3) is 0 Å². The Bertz CT molecular complexity index is 826. The molecular weight excluding hydrogens is 334 g/mol. The first-order valence-electron chi connectivity index (χ1n) is 8.32. The van der Waals surface area contributed by atoms with Gasteiger partial charge in [-0.05, 0) is 43.7 Å². The number of carbonyl (C=O) groups is 3. The Morgan fingerprint density at radius 2 is 1.65 bits per heavy atom. The van der Waals surface area contributed by atoms with E-state index in [4.69, 9.17) is 9.47 Å². The average Bonchev–Trinajstić information content (AvgIpc) is 2.89. The van der Waals surface area contributed by atoms with E-state index in [9.17, 15) is 14.4 Å². The first kappa shape index (κ1) is 17.7. The lowest BCUT2D eigenvalue weighted by atomic mass is 10.1. The molecule has 134 valence electrons. The number of benzene rings is 2. The topological polar surface area (TPSA) is 72.9 Å². The van der Waals surface area contributed by atoms with Crippen molar-refractivity contribution in [1.29, 1.82) is 0 Å². The highest BCUT2D eigenvalue weighted by Crippen LogP contribution is 2.24. The fraction of sp³-hybridized carbons (Fsp3) is 0.250. The summed E-state index contributed by atoms with van der Waals surface area (Å²) in [5.74, 6) is -0.918. The average molecular weight is 353 g/mol. The van der Waals surface area contributed by atoms with Crippen molar-refractivity contribution in [1.82, 2.24) is 4.90 Å². The number of ether oxygens (including phenoxy) is 2. The first-order chi connectivity index (χ1) is 12.5. The summed E-state index contributed by atoms with van der Waals surface area (Å²) in [5, 5.41) is 0. The fourth-order valence-corrected chi connectivity index (χ4v) is 2.79. The maximum Gasteiger partial charge on any atom is 0.329 e. The number of nitrogens with zero attached hydrogens (tertiary/aromatic N) is 1. The molecule has 6 nitrogen and oxygen atoms in total. The molecule has 1 aliphatic heterocycles. The molecule has 0 aromatic heterocycles. The number of hydrogen-bond acceptors (Lipinski definition) is 5. The predicted molar refractivity (Wildman–Crippen MR) is 94.0 cm³/mol. The lowest BCUT2D eigenvalue weighted by Crippen LogP contribution is -2.44. The third-order valence-electron chi connectivity index (χ3n) is 4.14. The lowest BCUT2D eigenvalue weighted by Gasteiger charge is -2.20. The Morgan fingerprint density at radius 1 is 1.00 bits per heavy atom. The number of esters is 1. The Morgan fingerprint density at radius 3 is 2.27 bits per heavy atom. The van der Waals surface area contributed by atoms with Gasteiger partial charge < -0.3 is 9.47 Å². The molecule has 2 amide bonds. The van der Waals surface area contributed by atoms with Crippen molar-refractivity contribution < 1.29 is 23.9 Å². The van der Waals surface area contributed by atoms with E-state index in [0.717, 1.165) is 10.5 Å². The molecular formula is C20H19NO5. The molecule has 1 aliphatic rings. The van der Waals surface area contributed by atoms with E-state index in [0.29, 0.717) is 16.9 Å². The highest BCUT2D eigenvalue weighted by molar-refractivity contribution is 6.22. The summed E-state index contributed by atoms with van der Waals surface area (Å²) in [6.45, 7) is 3.65. The van der Waals surface area contributed by atoms with Crippen molar-refractivity contribution in [2.45, 2.75) is 19.9 Å². The van der Waals surface area contributed by atoms with Crippen LogP contribution in [0.15, 0.2) is 48.5 Å². The van der Waals surface area contributed by atoms with Gasteiger partial charge in [-0.15, -0.1) is 0 Å². The van der Waals surface area contributed by atoms with Gasteiger partial charge in [-0.1, -0.05) is 24.3 Å². The van der Waals surface area contributed by atoms with Gasteiger partial charge in [0.2, 0.25) is 0 Å². The molecule has 0 spiro atoms. The zero-order valence-corrected chi connectivity index (χ0v) is 14.6. The van der Waals surface area contributed by atoms with Crippen LogP contribution in [0.2, 0.25) is 0 Å². The minimum atomic E-state index is -0.999. The van der Waals surface area contributed by atoms with E-state index >= 15 is 0 Å². The van der Waals surface area contributed by atoms with Crippen LogP contribution in [-0.4, -0.2) is 41.9 Å². The number of aryl methyl sites for hydroxylation is 1. The fourth-order valence-electron chi connectivity index (χ4n) is 2.79. The first-order valence-corrected chi connectivity index (χ1v) is 8.32. The Balaban J connectivity index is 1.54. The molecule has 26 heavy (non-hydrogen) atoms. The van der Waals surface area contributed by atoms with Crippen LogP contribution in [-0.2, 0) is 9.53 Å². The summed E-state index contributed by atoms with van der Waals surface area (Å²) in [6.07, 6.45) is 0. The highest BCUT2D eigenvalue weighted by Gasteiger charge is 2.41. The van der Waals surface area contributed by atoms with Gasteiger partial charge in [0, 0.05) is 0 Å². The summed E-state index contributed by atoms with van der Waals surface area (Å²) in [7, 11) is 0. The molecule has 0 saturated heterocycles. The number of amides is 2. The minimum Gasteiger partial charge on any atom is -0.490 e. The molecule has 2 aromatic carbocycles. The number of carbonyl (C=O) groups excluding carboxylic acids is 3. The number of rotatable bonds is 6. The van der Waals surface area contributed by atoms with E-state index in [-0.39, 0.29) is 13.2 Å². The van der Waals surface area contributed by atoms with Crippen LogP contribution in [0.3, 0.4) is 0 Å². The van der Waals surface area contributed by atoms with Crippen molar-refractivity contribution in [2.75, 3.05) is 13.2 Å². The molecule has 0 radical (unpaired) electrons. The molecule has 0 unspecified atom stereocenters. The largest absolute Gasteiger partial charge is 0.490 e. The highest BCUT2D eigenvalue weighted by atomic mass is 16.6. The third kappa shape index (κ3) is 3.44. The van der Waals surface area contributed by atoms with Crippen LogP contribution < -0.4 is 4.74 Å². The number of imide groups is 1. The molecule has 0 bridgehead atoms. The number of hydrogen-bond donors (Lipinski definition) is 0. The van der Waals surface area contributed by atoms with E-state index < -0.39 is 23.8 Å². The Labute approximate surface area is 151 Å². The third-order valence-corrected chi connectivity index (χ3v) is 4.14.